The van der Waals surface area contributed by atoms with Gasteiger partial charge >= 0.3 is 0 Å². The number of aryl methyl sites for hydroxylation is 2. The van der Waals surface area contributed by atoms with Crippen molar-refractivity contribution in [1.29, 1.82) is 0 Å². The lowest BCUT2D eigenvalue weighted by Crippen LogP contribution is -2.47. The first kappa shape index (κ1) is 15.5. The predicted molar refractivity (Wildman–Crippen MR) is 103 cm³/mol. The average molecular weight is 346 g/mol. The molecule has 2 aromatic heterocycles. The Morgan fingerprint density at radius 2 is 1.50 bits per heavy atom. The maximum Gasteiger partial charge on any atom is 0.150 e. The number of anilines is 2. The Balaban J connectivity index is 1.38. The van der Waals surface area contributed by atoms with Crippen LogP contribution in [0.5, 0.6) is 0 Å². The van der Waals surface area contributed by atoms with Crippen LogP contribution in [-0.4, -0.2) is 46.1 Å². The maximum atomic E-state index is 4.87. The van der Waals surface area contributed by atoms with Gasteiger partial charge in [0.1, 0.15) is 12.1 Å². The molecule has 1 aromatic carbocycles. The third-order valence-corrected chi connectivity index (χ3v) is 5.45. The molecule has 0 spiro atoms. The number of benzene rings is 1. The Labute approximate surface area is 152 Å². The Morgan fingerprint density at radius 3 is 2.27 bits per heavy atom. The van der Waals surface area contributed by atoms with Crippen molar-refractivity contribution < 1.29 is 0 Å². The second-order valence-corrected chi connectivity index (χ2v) is 7.07. The van der Waals surface area contributed by atoms with Crippen LogP contribution in [0.2, 0.25) is 0 Å². The van der Waals surface area contributed by atoms with Crippen molar-refractivity contribution in [3.05, 3.63) is 47.5 Å². The first-order valence-corrected chi connectivity index (χ1v) is 9.35. The van der Waals surface area contributed by atoms with E-state index >= 15 is 0 Å². The summed E-state index contributed by atoms with van der Waals surface area (Å²) in [6, 6.07) is 8.08. The number of aromatic nitrogens is 4. The van der Waals surface area contributed by atoms with E-state index < -0.39 is 0 Å². The number of hydrogen-bond donors (Lipinski definition) is 0. The van der Waals surface area contributed by atoms with E-state index in [4.69, 9.17) is 9.97 Å². The summed E-state index contributed by atoms with van der Waals surface area (Å²) in [5.41, 5.74) is 5.53. The van der Waals surface area contributed by atoms with Gasteiger partial charge in [-0.15, -0.1) is 0 Å². The molecule has 0 bridgehead atoms. The highest BCUT2D eigenvalue weighted by molar-refractivity contribution is 5.76. The molecule has 1 saturated heterocycles. The molecule has 6 heteroatoms. The lowest BCUT2D eigenvalue weighted by molar-refractivity contribution is 0.637. The lowest BCUT2D eigenvalue weighted by Gasteiger charge is -2.37. The molecule has 2 aliphatic rings. The summed E-state index contributed by atoms with van der Waals surface area (Å²) >= 11 is 0. The van der Waals surface area contributed by atoms with E-state index in [1.807, 2.05) is 24.3 Å². The van der Waals surface area contributed by atoms with Gasteiger partial charge in [-0.2, -0.15) is 0 Å². The molecule has 0 atom stereocenters. The number of hydrogen-bond acceptors (Lipinski definition) is 6. The fraction of sp³-hybridized carbons (Fsp3) is 0.400. The largest absolute Gasteiger partial charge is 0.353 e. The minimum absolute atomic E-state index is 0.937. The van der Waals surface area contributed by atoms with E-state index in [9.17, 15) is 0 Å². The van der Waals surface area contributed by atoms with Gasteiger partial charge in [0, 0.05) is 37.4 Å². The molecule has 3 aromatic rings. The molecular weight excluding hydrogens is 324 g/mol. The zero-order chi connectivity index (χ0) is 17.5. The summed E-state index contributed by atoms with van der Waals surface area (Å²) < 4.78 is 0. The third kappa shape index (κ3) is 2.57. The molecule has 132 valence electrons. The van der Waals surface area contributed by atoms with Crippen LogP contribution in [0.25, 0.3) is 11.0 Å². The van der Waals surface area contributed by atoms with E-state index in [0.29, 0.717) is 0 Å². The van der Waals surface area contributed by atoms with Gasteiger partial charge in [-0.25, -0.2) is 19.9 Å². The molecule has 0 unspecified atom stereocenters. The van der Waals surface area contributed by atoms with Crippen molar-refractivity contribution in [3.63, 3.8) is 0 Å². The summed E-state index contributed by atoms with van der Waals surface area (Å²) in [7, 11) is 0. The van der Waals surface area contributed by atoms with Crippen LogP contribution in [0.3, 0.4) is 0 Å². The van der Waals surface area contributed by atoms with Crippen LogP contribution in [0.4, 0.5) is 11.6 Å². The van der Waals surface area contributed by atoms with Gasteiger partial charge in [0.15, 0.2) is 5.82 Å². The van der Waals surface area contributed by atoms with Gasteiger partial charge in [-0.3, -0.25) is 0 Å². The Morgan fingerprint density at radius 1 is 0.808 bits per heavy atom. The quantitative estimate of drug-likeness (QED) is 0.711. The van der Waals surface area contributed by atoms with E-state index in [2.05, 4.69) is 26.7 Å². The summed E-state index contributed by atoms with van der Waals surface area (Å²) in [6.07, 6.45) is 5.13. The molecule has 0 saturated carbocycles. The Bertz CT molecular complexity index is 962. The summed E-state index contributed by atoms with van der Waals surface area (Å²) in [5.74, 6) is 2.16. The fourth-order valence-electron chi connectivity index (χ4n) is 4.12. The highest BCUT2D eigenvalue weighted by Crippen LogP contribution is 2.29. The molecule has 6 nitrogen and oxygen atoms in total. The van der Waals surface area contributed by atoms with Crippen molar-refractivity contribution in [2.45, 2.75) is 26.2 Å². The topological polar surface area (TPSA) is 58.0 Å². The van der Waals surface area contributed by atoms with Crippen molar-refractivity contribution in [3.8, 4) is 0 Å². The summed E-state index contributed by atoms with van der Waals surface area (Å²) in [6.45, 7) is 5.84. The molecule has 0 amide bonds. The molecule has 1 aliphatic heterocycles. The summed E-state index contributed by atoms with van der Waals surface area (Å²) in [5, 5.41) is 0. The molecule has 1 fully saturated rings. The van der Waals surface area contributed by atoms with Crippen LogP contribution < -0.4 is 9.80 Å². The number of para-hydroxylation sites is 2. The second-order valence-electron chi connectivity index (χ2n) is 7.07. The van der Waals surface area contributed by atoms with Gasteiger partial charge in [-0.05, 0) is 38.3 Å². The zero-order valence-corrected chi connectivity index (χ0v) is 15.0. The second kappa shape index (κ2) is 6.20. The number of piperazine rings is 1. The zero-order valence-electron chi connectivity index (χ0n) is 15.0. The van der Waals surface area contributed by atoms with Gasteiger partial charge in [-0.1, -0.05) is 12.1 Å². The smallest absolute Gasteiger partial charge is 0.150 e. The molecule has 5 rings (SSSR count). The van der Waals surface area contributed by atoms with Crippen LogP contribution in [-0.2, 0) is 12.8 Å². The van der Waals surface area contributed by atoms with E-state index in [-0.39, 0.29) is 0 Å². The van der Waals surface area contributed by atoms with Crippen molar-refractivity contribution in [2.24, 2.45) is 0 Å². The SMILES string of the molecule is Cc1nc2ccccc2nc1N1CCN(c2ncnc3c2CCC3)CC1. The van der Waals surface area contributed by atoms with Crippen LogP contribution in [0.15, 0.2) is 30.6 Å². The summed E-state index contributed by atoms with van der Waals surface area (Å²) in [4.78, 5) is 23.4. The van der Waals surface area contributed by atoms with Crippen molar-refractivity contribution in [2.75, 3.05) is 36.0 Å². The normalized spacial score (nSPS) is 17.0. The highest BCUT2D eigenvalue weighted by Gasteiger charge is 2.25. The first-order valence-electron chi connectivity index (χ1n) is 9.35. The van der Waals surface area contributed by atoms with Gasteiger partial charge < -0.3 is 9.80 Å². The van der Waals surface area contributed by atoms with Gasteiger partial charge in [0.2, 0.25) is 0 Å². The van der Waals surface area contributed by atoms with E-state index in [1.165, 1.54) is 17.7 Å². The van der Waals surface area contributed by atoms with Crippen LogP contribution in [0, 0.1) is 6.92 Å². The molecule has 0 N–H and O–H groups in total. The van der Waals surface area contributed by atoms with Gasteiger partial charge in [0.25, 0.3) is 0 Å². The van der Waals surface area contributed by atoms with E-state index in [0.717, 1.165) is 67.4 Å². The number of nitrogens with zero attached hydrogens (tertiary/aromatic N) is 6. The molecule has 1 aliphatic carbocycles. The predicted octanol–water partition coefficient (Wildman–Crippen LogP) is 2.54. The molecular formula is C20H22N6. The van der Waals surface area contributed by atoms with Crippen LogP contribution >= 0.6 is 0 Å². The highest BCUT2D eigenvalue weighted by atomic mass is 15.3. The third-order valence-electron chi connectivity index (χ3n) is 5.45. The van der Waals surface area contributed by atoms with Crippen molar-refractivity contribution in [1.82, 2.24) is 19.9 Å². The molecule has 0 radical (unpaired) electrons. The lowest BCUT2D eigenvalue weighted by atomic mass is 10.2. The first-order chi connectivity index (χ1) is 12.8. The maximum absolute atomic E-state index is 4.87. The minimum atomic E-state index is 0.937. The van der Waals surface area contributed by atoms with Crippen LogP contribution in [0.1, 0.15) is 23.4 Å². The van der Waals surface area contributed by atoms with E-state index in [1.54, 1.807) is 6.33 Å². The van der Waals surface area contributed by atoms with Gasteiger partial charge in [0.05, 0.1) is 16.7 Å². The standard InChI is InChI=1S/C20H22N6/c1-14-19(24-18-7-3-2-6-17(18)23-14)25-9-11-26(12-10-25)20-15-5-4-8-16(15)21-13-22-20/h2-3,6-7,13H,4-5,8-12H2,1H3. The minimum Gasteiger partial charge on any atom is -0.353 e. The van der Waals surface area contributed by atoms with Crippen molar-refractivity contribution >= 4 is 22.7 Å². The Hall–Kier alpha value is -2.76. The molecule has 3 heterocycles. The monoisotopic (exact) mass is 346 g/mol. The molecule has 26 heavy (non-hydrogen) atoms. The Kier molecular flexibility index (Phi) is 3.69. The fourth-order valence-corrected chi connectivity index (χ4v) is 4.12. The number of fused-ring (bicyclic) bond motifs is 2. The average Bonchev–Trinajstić information content (AvgIpc) is 3.16. The number of rotatable bonds is 2.